The number of aromatic nitrogens is 3. The van der Waals surface area contributed by atoms with Crippen LogP contribution in [0.5, 0.6) is 5.75 Å². The number of hydrogen-bond acceptors (Lipinski definition) is 5. The van der Waals surface area contributed by atoms with Crippen LogP contribution >= 0.6 is 11.8 Å². The highest BCUT2D eigenvalue weighted by molar-refractivity contribution is 7.99. The minimum atomic E-state index is -0.0940. The van der Waals surface area contributed by atoms with Crippen LogP contribution in [0.1, 0.15) is 36.7 Å². The van der Waals surface area contributed by atoms with E-state index in [2.05, 4.69) is 48.1 Å². The Hall–Kier alpha value is -3.06. The van der Waals surface area contributed by atoms with E-state index in [9.17, 15) is 4.79 Å². The van der Waals surface area contributed by atoms with E-state index in [-0.39, 0.29) is 11.7 Å². The van der Waals surface area contributed by atoms with Gasteiger partial charge < -0.3 is 10.1 Å². The van der Waals surface area contributed by atoms with Gasteiger partial charge in [0.2, 0.25) is 5.91 Å². The number of amides is 1. The molecule has 0 aliphatic carbocycles. The van der Waals surface area contributed by atoms with Crippen LogP contribution in [0.2, 0.25) is 0 Å². The Kier molecular flexibility index (Phi) is 7.89. The summed E-state index contributed by atoms with van der Waals surface area (Å²) in [6.07, 6.45) is 1.78. The third kappa shape index (κ3) is 6.21. The molecule has 1 aromatic heterocycles. The van der Waals surface area contributed by atoms with Gasteiger partial charge in [-0.05, 0) is 42.2 Å². The fourth-order valence-corrected chi connectivity index (χ4v) is 3.85. The Morgan fingerprint density at radius 2 is 2.00 bits per heavy atom. The van der Waals surface area contributed by atoms with Crippen LogP contribution < -0.4 is 10.1 Å². The summed E-state index contributed by atoms with van der Waals surface area (Å²) in [5.41, 5.74) is 3.08. The molecule has 0 fully saturated rings. The van der Waals surface area contributed by atoms with Crippen LogP contribution in [-0.4, -0.2) is 26.4 Å². The maximum atomic E-state index is 12.3. The fraction of sp³-hybridized carbons (Fsp3) is 0.292. The molecule has 7 heteroatoms. The minimum absolute atomic E-state index is 0.0940. The maximum absolute atomic E-state index is 12.3. The number of hydrogen-bond donors (Lipinski definition) is 1. The number of nitrogens with one attached hydrogen (secondary N) is 1. The first-order valence-corrected chi connectivity index (χ1v) is 11.2. The second-order valence-corrected chi connectivity index (χ2v) is 8.43. The van der Waals surface area contributed by atoms with Crippen molar-refractivity contribution in [2.75, 3.05) is 11.1 Å². The minimum Gasteiger partial charge on any atom is -0.485 e. The first-order valence-electron chi connectivity index (χ1n) is 10.2. The summed E-state index contributed by atoms with van der Waals surface area (Å²) in [7, 11) is 0. The Balaban J connectivity index is 1.67. The molecule has 0 bridgehead atoms. The summed E-state index contributed by atoms with van der Waals surface area (Å²) in [5.74, 6) is 2.06. The molecule has 3 aromatic rings. The summed E-state index contributed by atoms with van der Waals surface area (Å²) in [6.45, 7) is 11.0. The molecule has 0 aliphatic rings. The van der Waals surface area contributed by atoms with Crippen LogP contribution in [0.4, 0.5) is 5.69 Å². The summed E-state index contributed by atoms with van der Waals surface area (Å²) < 4.78 is 8.05. The van der Waals surface area contributed by atoms with Crippen LogP contribution in [0.3, 0.4) is 0 Å². The van der Waals surface area contributed by atoms with E-state index in [1.54, 1.807) is 6.08 Å². The molecular formula is C24H28N4O2S. The van der Waals surface area contributed by atoms with E-state index in [0.717, 1.165) is 22.6 Å². The molecule has 31 heavy (non-hydrogen) atoms. The number of anilines is 1. The lowest BCUT2D eigenvalue weighted by atomic mass is 10.0. The van der Waals surface area contributed by atoms with Crippen molar-refractivity contribution >= 4 is 23.4 Å². The molecule has 3 rings (SSSR count). The molecule has 6 nitrogen and oxygen atoms in total. The molecule has 1 amide bonds. The summed E-state index contributed by atoms with van der Waals surface area (Å²) in [6, 6.07) is 15.6. The van der Waals surface area contributed by atoms with Gasteiger partial charge in [-0.15, -0.1) is 16.8 Å². The van der Waals surface area contributed by atoms with E-state index >= 15 is 0 Å². The largest absolute Gasteiger partial charge is 0.485 e. The number of para-hydroxylation sites is 1. The lowest BCUT2D eigenvalue weighted by molar-refractivity contribution is -0.113. The number of carbonyl (C=O) groups is 1. The Labute approximate surface area is 187 Å². The topological polar surface area (TPSA) is 69.0 Å². The zero-order valence-corrected chi connectivity index (χ0v) is 19.0. The molecule has 0 unspecified atom stereocenters. The van der Waals surface area contributed by atoms with Crippen molar-refractivity contribution in [1.82, 2.24) is 14.8 Å². The predicted octanol–water partition coefficient (Wildman–Crippen LogP) is 5.21. The lowest BCUT2D eigenvalue weighted by Crippen LogP contribution is -2.15. The van der Waals surface area contributed by atoms with Gasteiger partial charge in [-0.3, -0.25) is 9.36 Å². The highest BCUT2D eigenvalue weighted by Crippen LogP contribution is 2.28. The molecule has 1 N–H and O–H groups in total. The monoisotopic (exact) mass is 436 g/mol. The molecule has 162 valence electrons. The van der Waals surface area contributed by atoms with Crippen molar-refractivity contribution in [1.29, 1.82) is 0 Å². The number of thioether (sulfide) groups is 1. The van der Waals surface area contributed by atoms with Gasteiger partial charge in [-0.1, -0.05) is 62.0 Å². The number of aryl methyl sites for hydroxylation is 1. The van der Waals surface area contributed by atoms with Gasteiger partial charge >= 0.3 is 0 Å². The van der Waals surface area contributed by atoms with Crippen molar-refractivity contribution in [3.05, 3.63) is 78.1 Å². The zero-order chi connectivity index (χ0) is 22.2. The Morgan fingerprint density at radius 1 is 1.23 bits per heavy atom. The van der Waals surface area contributed by atoms with E-state index in [1.807, 2.05) is 47.9 Å². The van der Waals surface area contributed by atoms with Crippen LogP contribution in [0.25, 0.3) is 0 Å². The van der Waals surface area contributed by atoms with Gasteiger partial charge in [0.25, 0.3) is 0 Å². The third-order valence-corrected chi connectivity index (χ3v) is 5.61. The third-order valence-electron chi connectivity index (χ3n) is 4.64. The molecular weight excluding hydrogens is 408 g/mol. The second kappa shape index (κ2) is 10.8. The van der Waals surface area contributed by atoms with Crippen molar-refractivity contribution in [3.63, 3.8) is 0 Å². The van der Waals surface area contributed by atoms with Gasteiger partial charge in [-0.2, -0.15) is 0 Å². The van der Waals surface area contributed by atoms with Crippen LogP contribution in [0, 0.1) is 6.92 Å². The first-order chi connectivity index (χ1) is 15.0. The van der Waals surface area contributed by atoms with Crippen molar-refractivity contribution < 1.29 is 9.53 Å². The average molecular weight is 437 g/mol. The number of benzene rings is 2. The van der Waals surface area contributed by atoms with E-state index in [0.29, 0.717) is 30.1 Å². The van der Waals surface area contributed by atoms with Gasteiger partial charge in [0.15, 0.2) is 11.0 Å². The number of rotatable bonds is 10. The predicted molar refractivity (Wildman–Crippen MR) is 126 cm³/mol. The average Bonchev–Trinajstić information content (AvgIpc) is 3.13. The number of carbonyl (C=O) groups excluding carboxylic acids is 1. The zero-order valence-electron chi connectivity index (χ0n) is 18.2. The van der Waals surface area contributed by atoms with Gasteiger partial charge in [-0.25, -0.2) is 0 Å². The molecule has 0 saturated heterocycles. The van der Waals surface area contributed by atoms with E-state index in [4.69, 9.17) is 4.74 Å². The van der Waals surface area contributed by atoms with E-state index in [1.165, 1.54) is 11.8 Å². The van der Waals surface area contributed by atoms with Gasteiger partial charge in [0, 0.05) is 12.2 Å². The molecule has 0 saturated carbocycles. The van der Waals surface area contributed by atoms with Gasteiger partial charge in [0.1, 0.15) is 12.4 Å². The van der Waals surface area contributed by atoms with Crippen LogP contribution in [-0.2, 0) is 17.9 Å². The Morgan fingerprint density at radius 3 is 2.71 bits per heavy atom. The number of allylic oxidation sites excluding steroid dienone is 1. The molecule has 2 aromatic carbocycles. The smallest absolute Gasteiger partial charge is 0.234 e. The van der Waals surface area contributed by atoms with Gasteiger partial charge in [0.05, 0.1) is 5.75 Å². The quantitative estimate of drug-likeness (QED) is 0.349. The van der Waals surface area contributed by atoms with Crippen LogP contribution in [0.15, 0.2) is 66.3 Å². The highest BCUT2D eigenvalue weighted by atomic mass is 32.2. The summed E-state index contributed by atoms with van der Waals surface area (Å²) in [4.78, 5) is 12.3. The number of ether oxygens (including phenoxy) is 1. The standard InChI is InChI=1S/C24H28N4O2S/c1-5-13-28-22(15-30-21-14-18(4)11-12-20(21)17(2)3)26-27-24(28)31-16-23(29)25-19-9-7-6-8-10-19/h5-12,14,17H,1,13,15-16H2,2-4H3,(H,25,29). The van der Waals surface area contributed by atoms with Crippen molar-refractivity contribution in [3.8, 4) is 5.75 Å². The highest BCUT2D eigenvalue weighted by Gasteiger charge is 2.15. The summed E-state index contributed by atoms with van der Waals surface area (Å²) >= 11 is 1.34. The number of nitrogens with zero attached hydrogens (tertiary/aromatic N) is 3. The van der Waals surface area contributed by atoms with E-state index < -0.39 is 0 Å². The molecule has 1 heterocycles. The fourth-order valence-electron chi connectivity index (χ4n) is 3.08. The molecule has 0 spiro atoms. The SMILES string of the molecule is C=CCn1c(COc2cc(C)ccc2C(C)C)nnc1SCC(=O)Nc1ccccc1. The Bertz CT molecular complexity index is 1030. The lowest BCUT2D eigenvalue weighted by Gasteiger charge is -2.15. The van der Waals surface area contributed by atoms with Crippen molar-refractivity contribution in [2.45, 2.75) is 45.0 Å². The molecule has 0 aliphatic heterocycles. The summed E-state index contributed by atoms with van der Waals surface area (Å²) in [5, 5.41) is 12.1. The molecule has 0 radical (unpaired) electrons. The normalized spacial score (nSPS) is 10.8. The van der Waals surface area contributed by atoms with Crippen molar-refractivity contribution in [2.24, 2.45) is 0 Å². The first kappa shape index (κ1) is 22.6. The maximum Gasteiger partial charge on any atom is 0.234 e. The molecule has 0 atom stereocenters. The second-order valence-electron chi connectivity index (χ2n) is 7.49.